The topological polar surface area (TPSA) is 87.2 Å². The molecule has 0 aromatic carbocycles. The van der Waals surface area contributed by atoms with Crippen LogP contribution in [0.1, 0.15) is 39.0 Å². The molecule has 0 unspecified atom stereocenters. The Labute approximate surface area is 132 Å². The molecule has 0 bridgehead atoms. The van der Waals surface area contributed by atoms with E-state index in [4.69, 9.17) is 9.84 Å². The minimum Gasteiger partial charge on any atom is -0.480 e. The molecule has 7 nitrogen and oxygen atoms in total. The van der Waals surface area contributed by atoms with Gasteiger partial charge in [-0.2, -0.15) is 17.0 Å². The lowest BCUT2D eigenvalue weighted by molar-refractivity contribution is -0.145. The fourth-order valence-electron chi connectivity index (χ4n) is 3.13. The van der Waals surface area contributed by atoms with E-state index in [0.717, 1.165) is 19.3 Å². The summed E-state index contributed by atoms with van der Waals surface area (Å²) in [5, 5.41) is 8.60. The number of hydrogen-bond donors (Lipinski definition) is 1. The Balaban J connectivity index is 1.83. The highest BCUT2D eigenvalue weighted by Gasteiger charge is 2.35. The first kappa shape index (κ1) is 17.7. The van der Waals surface area contributed by atoms with Gasteiger partial charge < -0.3 is 9.84 Å². The Morgan fingerprint density at radius 1 is 1.09 bits per heavy atom. The van der Waals surface area contributed by atoms with Crippen LogP contribution in [0.15, 0.2) is 0 Å². The van der Waals surface area contributed by atoms with Crippen LogP contribution >= 0.6 is 0 Å². The van der Waals surface area contributed by atoms with Crippen molar-refractivity contribution in [3.05, 3.63) is 0 Å². The zero-order chi connectivity index (χ0) is 16.2. The van der Waals surface area contributed by atoms with Crippen LogP contribution in [0.25, 0.3) is 0 Å². The first-order valence-corrected chi connectivity index (χ1v) is 9.41. The number of piperidine rings is 2. The van der Waals surface area contributed by atoms with Crippen LogP contribution in [0.5, 0.6) is 0 Å². The SMILES string of the molecule is CCC1CCN(S(=O)(=O)N2CCC(OCC(=O)O)CC2)CC1. The molecule has 2 saturated heterocycles. The van der Waals surface area contributed by atoms with Crippen molar-refractivity contribution < 1.29 is 23.1 Å². The van der Waals surface area contributed by atoms with Crippen LogP contribution in [0.3, 0.4) is 0 Å². The molecule has 128 valence electrons. The highest BCUT2D eigenvalue weighted by atomic mass is 32.2. The van der Waals surface area contributed by atoms with Crippen LogP contribution < -0.4 is 0 Å². The van der Waals surface area contributed by atoms with E-state index in [1.807, 2.05) is 0 Å². The number of ether oxygens (including phenoxy) is 1. The van der Waals surface area contributed by atoms with Crippen LogP contribution in [0.4, 0.5) is 0 Å². The van der Waals surface area contributed by atoms with E-state index in [0.29, 0.717) is 44.9 Å². The lowest BCUT2D eigenvalue weighted by Crippen LogP contribution is -2.50. The van der Waals surface area contributed by atoms with Gasteiger partial charge in [0.25, 0.3) is 10.2 Å². The van der Waals surface area contributed by atoms with Gasteiger partial charge in [0.1, 0.15) is 6.61 Å². The quantitative estimate of drug-likeness (QED) is 0.780. The van der Waals surface area contributed by atoms with Crippen molar-refractivity contribution in [3.8, 4) is 0 Å². The largest absolute Gasteiger partial charge is 0.480 e. The lowest BCUT2D eigenvalue weighted by atomic mass is 9.96. The zero-order valence-electron chi connectivity index (χ0n) is 13.1. The molecule has 0 spiro atoms. The van der Waals surface area contributed by atoms with E-state index in [1.54, 1.807) is 4.31 Å². The molecule has 2 aliphatic rings. The Morgan fingerprint density at radius 2 is 1.59 bits per heavy atom. The average Bonchev–Trinajstić information content (AvgIpc) is 2.53. The third-order valence-corrected chi connectivity index (χ3v) is 6.68. The third kappa shape index (κ3) is 4.41. The minimum absolute atomic E-state index is 0.159. The van der Waals surface area contributed by atoms with Crippen LogP contribution in [-0.2, 0) is 19.7 Å². The molecule has 0 aromatic heterocycles. The fraction of sp³-hybridized carbons (Fsp3) is 0.929. The first-order chi connectivity index (χ1) is 10.4. The maximum absolute atomic E-state index is 12.6. The van der Waals surface area contributed by atoms with Gasteiger partial charge in [0.2, 0.25) is 0 Å². The highest BCUT2D eigenvalue weighted by Crippen LogP contribution is 2.25. The number of carbonyl (C=O) groups is 1. The van der Waals surface area contributed by atoms with Gasteiger partial charge in [-0.25, -0.2) is 4.79 Å². The summed E-state index contributed by atoms with van der Waals surface area (Å²) in [6.45, 7) is 3.85. The van der Waals surface area contributed by atoms with Crippen molar-refractivity contribution in [2.24, 2.45) is 5.92 Å². The van der Waals surface area contributed by atoms with Gasteiger partial charge in [0.05, 0.1) is 6.10 Å². The van der Waals surface area contributed by atoms with E-state index in [-0.39, 0.29) is 12.7 Å². The van der Waals surface area contributed by atoms with Gasteiger partial charge >= 0.3 is 5.97 Å². The summed E-state index contributed by atoms with van der Waals surface area (Å²) in [4.78, 5) is 10.5. The summed E-state index contributed by atoms with van der Waals surface area (Å²) in [6, 6.07) is 0. The summed E-state index contributed by atoms with van der Waals surface area (Å²) in [7, 11) is -3.38. The van der Waals surface area contributed by atoms with Crippen molar-refractivity contribution in [2.45, 2.75) is 45.1 Å². The molecule has 0 aromatic rings. The molecular formula is C14H26N2O5S. The normalized spacial score (nSPS) is 23.7. The Bertz CT molecular complexity index is 466. The van der Waals surface area contributed by atoms with Crippen molar-refractivity contribution in [1.82, 2.24) is 8.61 Å². The molecule has 2 aliphatic heterocycles. The second-order valence-electron chi connectivity index (χ2n) is 6.06. The number of carboxylic acids is 1. The van der Waals surface area contributed by atoms with Crippen LogP contribution in [0, 0.1) is 5.92 Å². The van der Waals surface area contributed by atoms with Crippen LogP contribution in [-0.4, -0.2) is 67.0 Å². The van der Waals surface area contributed by atoms with E-state index in [2.05, 4.69) is 6.92 Å². The molecule has 0 amide bonds. The predicted molar refractivity (Wildman–Crippen MR) is 81.7 cm³/mol. The molecule has 2 heterocycles. The van der Waals surface area contributed by atoms with Crippen molar-refractivity contribution in [3.63, 3.8) is 0 Å². The number of hydrogen-bond acceptors (Lipinski definition) is 4. The first-order valence-electron chi connectivity index (χ1n) is 8.02. The summed E-state index contributed by atoms with van der Waals surface area (Å²) in [6.07, 6.45) is 3.94. The average molecular weight is 334 g/mol. The lowest BCUT2D eigenvalue weighted by Gasteiger charge is -2.37. The molecular weight excluding hydrogens is 308 g/mol. The molecule has 0 radical (unpaired) electrons. The van der Waals surface area contributed by atoms with Gasteiger partial charge in [-0.1, -0.05) is 13.3 Å². The van der Waals surface area contributed by atoms with Gasteiger partial charge in [0, 0.05) is 26.2 Å². The summed E-state index contributed by atoms with van der Waals surface area (Å²) >= 11 is 0. The second-order valence-corrected chi connectivity index (χ2v) is 7.99. The van der Waals surface area contributed by atoms with Crippen molar-refractivity contribution in [1.29, 1.82) is 0 Å². The molecule has 2 fully saturated rings. The van der Waals surface area contributed by atoms with E-state index in [1.165, 1.54) is 4.31 Å². The molecule has 1 N–H and O–H groups in total. The Hall–Kier alpha value is -0.700. The maximum atomic E-state index is 12.6. The van der Waals surface area contributed by atoms with E-state index < -0.39 is 16.2 Å². The second kappa shape index (κ2) is 7.72. The van der Waals surface area contributed by atoms with Gasteiger partial charge in [-0.3, -0.25) is 0 Å². The molecule has 0 aliphatic carbocycles. The third-order valence-electron chi connectivity index (χ3n) is 4.65. The number of aliphatic carboxylic acids is 1. The number of carboxylic acid groups (broad SMARTS) is 1. The molecule has 0 saturated carbocycles. The smallest absolute Gasteiger partial charge is 0.329 e. The van der Waals surface area contributed by atoms with Crippen molar-refractivity contribution >= 4 is 16.2 Å². The number of nitrogens with zero attached hydrogens (tertiary/aromatic N) is 2. The Kier molecular flexibility index (Phi) is 6.19. The summed E-state index contributed by atoms with van der Waals surface area (Å²) < 4.78 is 33.6. The van der Waals surface area contributed by atoms with E-state index >= 15 is 0 Å². The van der Waals surface area contributed by atoms with E-state index in [9.17, 15) is 13.2 Å². The number of rotatable bonds is 6. The van der Waals surface area contributed by atoms with Gasteiger partial charge in [-0.05, 0) is 31.6 Å². The standard InChI is InChI=1S/C14H26N2O5S/c1-2-12-3-7-15(8-4-12)22(19,20)16-9-5-13(6-10-16)21-11-14(17)18/h12-13H,2-11H2,1H3,(H,17,18). The minimum atomic E-state index is -3.38. The van der Waals surface area contributed by atoms with Gasteiger partial charge in [-0.15, -0.1) is 0 Å². The highest BCUT2D eigenvalue weighted by molar-refractivity contribution is 7.86. The fourth-order valence-corrected chi connectivity index (χ4v) is 4.80. The maximum Gasteiger partial charge on any atom is 0.329 e. The monoisotopic (exact) mass is 334 g/mol. The molecule has 8 heteroatoms. The van der Waals surface area contributed by atoms with Crippen molar-refractivity contribution in [2.75, 3.05) is 32.8 Å². The predicted octanol–water partition coefficient (Wildman–Crippen LogP) is 0.919. The zero-order valence-corrected chi connectivity index (χ0v) is 13.9. The molecule has 0 atom stereocenters. The molecule has 2 rings (SSSR count). The summed E-state index contributed by atoms with van der Waals surface area (Å²) in [5.41, 5.74) is 0. The Morgan fingerprint density at radius 3 is 2.05 bits per heavy atom. The summed E-state index contributed by atoms with van der Waals surface area (Å²) in [5.74, 6) is -0.351. The van der Waals surface area contributed by atoms with Gasteiger partial charge in [0.15, 0.2) is 0 Å². The van der Waals surface area contributed by atoms with Crippen LogP contribution in [0.2, 0.25) is 0 Å². The molecule has 22 heavy (non-hydrogen) atoms.